The maximum absolute atomic E-state index is 5.22. The summed E-state index contributed by atoms with van der Waals surface area (Å²) in [6, 6.07) is 5.58. The van der Waals surface area contributed by atoms with E-state index in [1.807, 2.05) is 39.0 Å². The van der Waals surface area contributed by atoms with Crippen LogP contribution in [-0.4, -0.2) is 15.7 Å². The first-order valence-electron chi connectivity index (χ1n) is 5.31. The highest BCUT2D eigenvalue weighted by Crippen LogP contribution is 2.05. The van der Waals surface area contributed by atoms with Crippen molar-refractivity contribution in [2.45, 2.75) is 20.8 Å². The van der Waals surface area contributed by atoms with Gasteiger partial charge in [0.15, 0.2) is 0 Å². The topological polar surface area (TPSA) is 63.3 Å². The van der Waals surface area contributed by atoms with Gasteiger partial charge in [0.2, 0.25) is 5.95 Å². The summed E-state index contributed by atoms with van der Waals surface area (Å²) in [6.07, 6.45) is 1.61. The molecule has 5 heteroatoms. The standard InChI is InChI=1S/C12H14N4O/c1-8-7-9(2)14-12(13-8)16-15-10(3)11-5-4-6-17-11/h4-7H,1-3H3,(H,13,14,16)/b15-10-. The average Bonchev–Trinajstić information content (AvgIpc) is 2.78. The summed E-state index contributed by atoms with van der Waals surface area (Å²) in [6.45, 7) is 5.69. The predicted molar refractivity (Wildman–Crippen MR) is 66.0 cm³/mol. The summed E-state index contributed by atoms with van der Waals surface area (Å²) in [5.41, 5.74) is 5.38. The number of aryl methyl sites for hydroxylation is 2. The molecule has 17 heavy (non-hydrogen) atoms. The normalized spacial score (nSPS) is 11.6. The second-order valence-electron chi connectivity index (χ2n) is 3.76. The minimum absolute atomic E-state index is 0.494. The van der Waals surface area contributed by atoms with Crippen LogP contribution in [0.4, 0.5) is 5.95 Å². The molecule has 0 atom stereocenters. The molecule has 0 bridgehead atoms. The first-order chi connectivity index (χ1) is 8.15. The number of aromatic nitrogens is 2. The van der Waals surface area contributed by atoms with E-state index in [0.29, 0.717) is 5.95 Å². The second kappa shape index (κ2) is 4.78. The van der Waals surface area contributed by atoms with Gasteiger partial charge in [-0.2, -0.15) is 5.10 Å². The third kappa shape index (κ3) is 2.90. The van der Waals surface area contributed by atoms with Crippen molar-refractivity contribution >= 4 is 11.7 Å². The van der Waals surface area contributed by atoms with Crippen LogP contribution in [0.2, 0.25) is 0 Å². The summed E-state index contributed by atoms with van der Waals surface area (Å²) in [5, 5.41) is 4.17. The number of hydrazone groups is 1. The highest BCUT2D eigenvalue weighted by Gasteiger charge is 2.01. The van der Waals surface area contributed by atoms with Crippen LogP contribution in [0, 0.1) is 13.8 Å². The Balaban J connectivity index is 2.14. The zero-order chi connectivity index (χ0) is 12.3. The van der Waals surface area contributed by atoms with Gasteiger partial charge in [-0.1, -0.05) is 0 Å². The molecule has 2 aromatic rings. The summed E-state index contributed by atoms with van der Waals surface area (Å²) < 4.78 is 5.22. The molecule has 0 aliphatic rings. The molecule has 0 aliphatic carbocycles. The van der Waals surface area contributed by atoms with Gasteiger partial charge in [-0.15, -0.1) is 0 Å². The molecule has 0 aliphatic heterocycles. The largest absolute Gasteiger partial charge is 0.463 e. The van der Waals surface area contributed by atoms with Crippen molar-refractivity contribution in [2.75, 3.05) is 5.43 Å². The van der Waals surface area contributed by atoms with E-state index >= 15 is 0 Å². The van der Waals surface area contributed by atoms with Crippen molar-refractivity contribution in [3.8, 4) is 0 Å². The molecule has 0 radical (unpaired) electrons. The van der Waals surface area contributed by atoms with E-state index in [4.69, 9.17) is 4.42 Å². The maximum atomic E-state index is 5.22. The van der Waals surface area contributed by atoms with Gasteiger partial charge in [-0.05, 0) is 39.0 Å². The molecule has 0 spiro atoms. The van der Waals surface area contributed by atoms with Gasteiger partial charge in [-0.25, -0.2) is 15.4 Å². The monoisotopic (exact) mass is 230 g/mol. The number of nitrogens with zero attached hydrogens (tertiary/aromatic N) is 3. The van der Waals surface area contributed by atoms with E-state index in [1.165, 1.54) is 0 Å². The Bertz CT molecular complexity index is 511. The fourth-order valence-corrected chi connectivity index (χ4v) is 1.45. The van der Waals surface area contributed by atoms with Gasteiger partial charge in [-0.3, -0.25) is 0 Å². The van der Waals surface area contributed by atoms with Crippen molar-refractivity contribution < 1.29 is 4.42 Å². The highest BCUT2D eigenvalue weighted by atomic mass is 16.3. The molecule has 2 aromatic heterocycles. The quantitative estimate of drug-likeness (QED) is 0.650. The molecule has 2 rings (SSSR count). The van der Waals surface area contributed by atoms with Gasteiger partial charge < -0.3 is 4.42 Å². The Hall–Kier alpha value is -2.17. The number of rotatable bonds is 3. The van der Waals surface area contributed by atoms with Gasteiger partial charge in [0.1, 0.15) is 11.5 Å². The molecule has 1 N–H and O–H groups in total. The van der Waals surface area contributed by atoms with Crippen molar-refractivity contribution in [2.24, 2.45) is 5.10 Å². The predicted octanol–water partition coefficient (Wildman–Crippen LogP) is 2.52. The molecule has 0 amide bonds. The van der Waals surface area contributed by atoms with Crippen LogP contribution in [0.15, 0.2) is 34.0 Å². The molecule has 0 fully saturated rings. The lowest BCUT2D eigenvalue weighted by Crippen LogP contribution is -2.03. The van der Waals surface area contributed by atoms with Crippen LogP contribution in [0.3, 0.4) is 0 Å². The number of furan rings is 1. The van der Waals surface area contributed by atoms with Gasteiger partial charge in [0, 0.05) is 11.4 Å². The van der Waals surface area contributed by atoms with E-state index < -0.39 is 0 Å². The lowest BCUT2D eigenvalue weighted by Gasteiger charge is -2.02. The Morgan fingerprint density at radius 1 is 1.29 bits per heavy atom. The second-order valence-corrected chi connectivity index (χ2v) is 3.76. The molecule has 0 aromatic carbocycles. The molecule has 2 heterocycles. The molecule has 0 saturated heterocycles. The average molecular weight is 230 g/mol. The molecule has 0 saturated carbocycles. The molecular formula is C12H14N4O. The third-order valence-electron chi connectivity index (χ3n) is 2.18. The van der Waals surface area contributed by atoms with E-state index in [9.17, 15) is 0 Å². The fourth-order valence-electron chi connectivity index (χ4n) is 1.45. The highest BCUT2D eigenvalue weighted by molar-refractivity contribution is 5.96. The van der Waals surface area contributed by atoms with Crippen molar-refractivity contribution in [1.82, 2.24) is 9.97 Å². The van der Waals surface area contributed by atoms with Crippen LogP contribution in [0.1, 0.15) is 24.1 Å². The van der Waals surface area contributed by atoms with E-state index in [1.54, 1.807) is 6.26 Å². The zero-order valence-electron chi connectivity index (χ0n) is 10.1. The van der Waals surface area contributed by atoms with Gasteiger partial charge in [0.25, 0.3) is 0 Å². The zero-order valence-corrected chi connectivity index (χ0v) is 10.1. The van der Waals surface area contributed by atoms with Crippen LogP contribution < -0.4 is 5.43 Å². The minimum atomic E-state index is 0.494. The summed E-state index contributed by atoms with van der Waals surface area (Å²) in [5.74, 6) is 1.22. The Labute approximate surface area is 99.6 Å². The fraction of sp³-hybridized carbons (Fsp3) is 0.250. The Morgan fingerprint density at radius 3 is 2.59 bits per heavy atom. The van der Waals surface area contributed by atoms with Crippen LogP contribution >= 0.6 is 0 Å². The maximum Gasteiger partial charge on any atom is 0.243 e. The SMILES string of the molecule is C/C(=N/Nc1nc(C)cc(C)n1)c1ccco1. The van der Waals surface area contributed by atoms with E-state index in [0.717, 1.165) is 22.9 Å². The Morgan fingerprint density at radius 2 is 2.00 bits per heavy atom. The molecule has 88 valence electrons. The number of hydrogen-bond acceptors (Lipinski definition) is 5. The molecule has 5 nitrogen and oxygen atoms in total. The Kier molecular flexibility index (Phi) is 3.18. The minimum Gasteiger partial charge on any atom is -0.463 e. The van der Waals surface area contributed by atoms with Crippen LogP contribution in [0.25, 0.3) is 0 Å². The van der Waals surface area contributed by atoms with Gasteiger partial charge >= 0.3 is 0 Å². The van der Waals surface area contributed by atoms with Crippen LogP contribution in [-0.2, 0) is 0 Å². The summed E-state index contributed by atoms with van der Waals surface area (Å²) >= 11 is 0. The first-order valence-corrected chi connectivity index (χ1v) is 5.31. The third-order valence-corrected chi connectivity index (χ3v) is 2.18. The molecule has 0 unspecified atom stereocenters. The first kappa shape index (κ1) is 11.3. The smallest absolute Gasteiger partial charge is 0.243 e. The van der Waals surface area contributed by atoms with Gasteiger partial charge in [0.05, 0.1) is 6.26 Å². The van der Waals surface area contributed by atoms with Crippen molar-refractivity contribution in [3.05, 3.63) is 41.6 Å². The number of nitrogens with one attached hydrogen (secondary N) is 1. The summed E-state index contributed by atoms with van der Waals surface area (Å²) in [7, 11) is 0. The van der Waals surface area contributed by atoms with Crippen molar-refractivity contribution in [1.29, 1.82) is 0 Å². The number of hydrogen-bond donors (Lipinski definition) is 1. The van der Waals surface area contributed by atoms with E-state index in [-0.39, 0.29) is 0 Å². The van der Waals surface area contributed by atoms with E-state index in [2.05, 4.69) is 20.5 Å². The molecular weight excluding hydrogens is 216 g/mol. The van der Waals surface area contributed by atoms with Crippen molar-refractivity contribution in [3.63, 3.8) is 0 Å². The van der Waals surface area contributed by atoms with Crippen LogP contribution in [0.5, 0.6) is 0 Å². The lowest BCUT2D eigenvalue weighted by atomic mass is 10.3. The number of anilines is 1. The summed E-state index contributed by atoms with van der Waals surface area (Å²) in [4.78, 5) is 8.45. The lowest BCUT2D eigenvalue weighted by molar-refractivity contribution is 0.557.